The second-order valence-corrected chi connectivity index (χ2v) is 5.71. The molecule has 0 unspecified atom stereocenters. The number of rotatable bonds is 6. The summed E-state index contributed by atoms with van der Waals surface area (Å²) in [5.74, 6) is 0.533. The molecule has 0 aliphatic heterocycles. The van der Waals surface area contributed by atoms with Crippen molar-refractivity contribution in [1.82, 2.24) is 9.78 Å². The van der Waals surface area contributed by atoms with E-state index in [1.807, 2.05) is 0 Å². The molecular formula is C12H18BrN3O3. The van der Waals surface area contributed by atoms with Gasteiger partial charge in [-0.05, 0) is 34.7 Å². The second kappa shape index (κ2) is 6.49. The lowest BCUT2D eigenvalue weighted by Gasteiger charge is -2.25. The Hall–Kier alpha value is -0.920. The maximum absolute atomic E-state index is 12.3. The van der Waals surface area contributed by atoms with Crippen molar-refractivity contribution in [2.45, 2.75) is 31.8 Å². The Morgan fingerprint density at radius 3 is 2.68 bits per heavy atom. The number of aliphatic hydroxyl groups is 2. The number of aliphatic hydroxyl groups excluding tert-OH is 2. The fourth-order valence-corrected chi connectivity index (χ4v) is 2.38. The van der Waals surface area contributed by atoms with E-state index in [0.29, 0.717) is 22.6 Å². The molecule has 3 N–H and O–H groups in total. The first-order chi connectivity index (χ1) is 9.15. The molecule has 0 atom stereocenters. The van der Waals surface area contributed by atoms with E-state index in [4.69, 9.17) is 10.2 Å². The molecule has 0 aromatic carbocycles. The van der Waals surface area contributed by atoms with Crippen molar-refractivity contribution in [2.75, 3.05) is 18.5 Å². The predicted molar refractivity (Wildman–Crippen MR) is 75.1 cm³/mol. The summed E-state index contributed by atoms with van der Waals surface area (Å²) in [4.78, 5) is 12.3. The third kappa shape index (κ3) is 3.34. The van der Waals surface area contributed by atoms with Crippen LogP contribution in [0.1, 0.15) is 19.3 Å². The number of hydrogen-bond donors (Lipinski definition) is 3. The minimum atomic E-state index is -0.552. The Bertz CT molecular complexity index is 484. The van der Waals surface area contributed by atoms with Crippen LogP contribution in [0.15, 0.2) is 15.5 Å². The lowest BCUT2D eigenvalue weighted by molar-refractivity contribution is 0.203. The van der Waals surface area contributed by atoms with Crippen LogP contribution < -0.4 is 10.9 Å². The van der Waals surface area contributed by atoms with Gasteiger partial charge in [-0.1, -0.05) is 6.42 Å². The van der Waals surface area contributed by atoms with Gasteiger partial charge in [0.25, 0.3) is 5.56 Å². The van der Waals surface area contributed by atoms with Gasteiger partial charge in [0.05, 0.1) is 29.9 Å². The van der Waals surface area contributed by atoms with Crippen molar-refractivity contribution in [3.05, 3.63) is 21.0 Å². The standard InChI is InChI=1S/C12H18BrN3O3/c13-10-4-14-16(5-8-2-1-3-8)12(19)11(10)15-9(6-17)7-18/h4,8-9,15,17-18H,1-3,5-7H2. The molecule has 1 heterocycles. The van der Waals surface area contributed by atoms with Crippen LogP contribution >= 0.6 is 15.9 Å². The van der Waals surface area contributed by atoms with Crippen molar-refractivity contribution in [3.63, 3.8) is 0 Å². The van der Waals surface area contributed by atoms with Crippen LogP contribution in [0.5, 0.6) is 0 Å². The molecule has 0 bridgehead atoms. The molecule has 7 heteroatoms. The van der Waals surface area contributed by atoms with E-state index in [9.17, 15) is 4.79 Å². The van der Waals surface area contributed by atoms with Crippen molar-refractivity contribution in [1.29, 1.82) is 0 Å². The van der Waals surface area contributed by atoms with Crippen LogP contribution in [0.4, 0.5) is 5.69 Å². The molecule has 1 saturated carbocycles. The molecule has 0 spiro atoms. The van der Waals surface area contributed by atoms with Crippen LogP contribution in [0.25, 0.3) is 0 Å². The molecule has 1 fully saturated rings. The lowest BCUT2D eigenvalue weighted by atomic mass is 9.85. The maximum Gasteiger partial charge on any atom is 0.291 e. The molecule has 1 aromatic rings. The molecule has 1 aliphatic rings. The highest BCUT2D eigenvalue weighted by molar-refractivity contribution is 9.10. The van der Waals surface area contributed by atoms with E-state index in [-0.39, 0.29) is 18.8 Å². The van der Waals surface area contributed by atoms with E-state index in [0.717, 1.165) is 12.8 Å². The average Bonchev–Trinajstić information content (AvgIpc) is 2.36. The maximum atomic E-state index is 12.3. The molecule has 106 valence electrons. The SMILES string of the molecule is O=c1c(NC(CO)CO)c(Br)cnn1CC1CCC1. The fourth-order valence-electron chi connectivity index (χ4n) is 2.00. The van der Waals surface area contributed by atoms with E-state index >= 15 is 0 Å². The number of hydrogen-bond acceptors (Lipinski definition) is 5. The zero-order valence-electron chi connectivity index (χ0n) is 10.5. The van der Waals surface area contributed by atoms with Crippen molar-refractivity contribution >= 4 is 21.6 Å². The summed E-state index contributed by atoms with van der Waals surface area (Å²) < 4.78 is 1.98. The second-order valence-electron chi connectivity index (χ2n) is 4.86. The number of nitrogens with one attached hydrogen (secondary N) is 1. The average molecular weight is 332 g/mol. The topological polar surface area (TPSA) is 87.4 Å². The molecule has 19 heavy (non-hydrogen) atoms. The fraction of sp³-hybridized carbons (Fsp3) is 0.667. The lowest BCUT2D eigenvalue weighted by Crippen LogP contribution is -2.35. The van der Waals surface area contributed by atoms with Gasteiger partial charge in [0.2, 0.25) is 0 Å². The van der Waals surface area contributed by atoms with Crippen molar-refractivity contribution < 1.29 is 10.2 Å². The summed E-state index contributed by atoms with van der Waals surface area (Å²) in [6.45, 7) is 0.143. The Morgan fingerprint density at radius 1 is 1.47 bits per heavy atom. The van der Waals surface area contributed by atoms with Gasteiger partial charge in [-0.2, -0.15) is 5.10 Å². The Labute approximate surface area is 119 Å². The van der Waals surface area contributed by atoms with Gasteiger partial charge in [0.15, 0.2) is 0 Å². The van der Waals surface area contributed by atoms with Crippen LogP contribution in [0.2, 0.25) is 0 Å². The first-order valence-corrected chi connectivity index (χ1v) is 7.19. The van der Waals surface area contributed by atoms with Crippen LogP contribution in [0.3, 0.4) is 0 Å². The van der Waals surface area contributed by atoms with E-state index in [1.54, 1.807) is 6.20 Å². The molecular weight excluding hydrogens is 314 g/mol. The van der Waals surface area contributed by atoms with Gasteiger partial charge in [0, 0.05) is 6.54 Å². The normalized spacial score (nSPS) is 15.6. The van der Waals surface area contributed by atoms with E-state index < -0.39 is 6.04 Å². The smallest absolute Gasteiger partial charge is 0.291 e. The highest BCUT2D eigenvalue weighted by atomic mass is 79.9. The largest absolute Gasteiger partial charge is 0.394 e. The monoisotopic (exact) mass is 331 g/mol. The highest BCUT2D eigenvalue weighted by Crippen LogP contribution is 2.27. The van der Waals surface area contributed by atoms with Gasteiger partial charge in [0.1, 0.15) is 5.69 Å². The molecule has 0 saturated heterocycles. The number of halogens is 1. The van der Waals surface area contributed by atoms with Crippen LogP contribution in [-0.2, 0) is 6.54 Å². The summed E-state index contributed by atoms with van der Waals surface area (Å²) in [6, 6.07) is -0.552. The predicted octanol–water partition coefficient (Wildman–Crippen LogP) is 0.571. The summed E-state index contributed by atoms with van der Waals surface area (Å²) in [5, 5.41) is 25.1. The summed E-state index contributed by atoms with van der Waals surface area (Å²) in [5.41, 5.74) is 0.107. The number of anilines is 1. The third-order valence-electron chi connectivity index (χ3n) is 3.44. The number of nitrogens with zero attached hydrogens (tertiary/aromatic N) is 2. The van der Waals surface area contributed by atoms with Gasteiger partial charge >= 0.3 is 0 Å². The van der Waals surface area contributed by atoms with Gasteiger partial charge in [-0.15, -0.1) is 0 Å². The van der Waals surface area contributed by atoms with Crippen molar-refractivity contribution in [3.8, 4) is 0 Å². The molecule has 6 nitrogen and oxygen atoms in total. The first kappa shape index (κ1) is 14.5. The summed E-state index contributed by atoms with van der Waals surface area (Å²) in [7, 11) is 0. The third-order valence-corrected chi connectivity index (χ3v) is 4.04. The van der Waals surface area contributed by atoms with Gasteiger partial charge in [-0.3, -0.25) is 4.79 Å². The summed E-state index contributed by atoms with van der Waals surface area (Å²) in [6.07, 6.45) is 5.07. The Kier molecular flexibility index (Phi) is 4.95. The van der Waals surface area contributed by atoms with Gasteiger partial charge in [-0.25, -0.2) is 4.68 Å². The van der Waals surface area contributed by atoms with E-state index in [2.05, 4.69) is 26.3 Å². The molecule has 0 radical (unpaired) electrons. The zero-order valence-corrected chi connectivity index (χ0v) is 12.1. The molecule has 1 aliphatic carbocycles. The van der Waals surface area contributed by atoms with Crippen LogP contribution in [0, 0.1) is 5.92 Å². The summed E-state index contributed by atoms with van der Waals surface area (Å²) >= 11 is 3.26. The molecule has 1 aromatic heterocycles. The van der Waals surface area contributed by atoms with Crippen LogP contribution in [-0.4, -0.2) is 39.2 Å². The molecule has 0 amide bonds. The minimum absolute atomic E-state index is 0.229. The van der Waals surface area contributed by atoms with Gasteiger partial charge < -0.3 is 15.5 Å². The quantitative estimate of drug-likeness (QED) is 0.709. The van der Waals surface area contributed by atoms with Crippen molar-refractivity contribution in [2.24, 2.45) is 5.92 Å². The highest BCUT2D eigenvalue weighted by Gasteiger charge is 2.20. The Morgan fingerprint density at radius 2 is 2.16 bits per heavy atom. The number of aromatic nitrogens is 2. The molecule has 2 rings (SSSR count). The zero-order chi connectivity index (χ0) is 13.8. The minimum Gasteiger partial charge on any atom is -0.394 e. The Balaban J connectivity index is 2.20. The van der Waals surface area contributed by atoms with E-state index in [1.165, 1.54) is 11.1 Å². The first-order valence-electron chi connectivity index (χ1n) is 6.39.